The number of rotatable bonds is 4. The maximum absolute atomic E-state index is 12.1. The molecule has 0 heterocycles. The third-order valence-corrected chi connectivity index (χ3v) is 1.07. The van der Waals surface area contributed by atoms with Crippen LogP contribution in [0.3, 0.4) is 0 Å². The SMILES string of the molecule is COC(C)NC(=O)OC(F)(F)CF. The molecule has 0 rings (SSSR count). The molecule has 0 saturated carbocycles. The number of carbonyl (C=O) groups is 1. The van der Waals surface area contributed by atoms with E-state index in [0.717, 1.165) is 0 Å². The van der Waals surface area contributed by atoms with Crippen LogP contribution in [-0.2, 0) is 9.47 Å². The van der Waals surface area contributed by atoms with E-state index in [1.165, 1.54) is 14.0 Å². The van der Waals surface area contributed by atoms with Crippen molar-refractivity contribution in [1.29, 1.82) is 0 Å². The van der Waals surface area contributed by atoms with Crippen LogP contribution in [0.2, 0.25) is 0 Å². The summed E-state index contributed by atoms with van der Waals surface area (Å²) < 4.78 is 43.5. The quantitative estimate of drug-likeness (QED) is 0.696. The van der Waals surface area contributed by atoms with Gasteiger partial charge in [-0.2, -0.15) is 8.78 Å². The highest BCUT2D eigenvalue weighted by molar-refractivity contribution is 5.67. The Bertz CT molecular complexity index is 177. The molecule has 7 heteroatoms. The number of carbonyl (C=O) groups excluding carboxylic acids is 1. The first-order chi connectivity index (χ1) is 5.91. The van der Waals surface area contributed by atoms with Gasteiger partial charge in [0.15, 0.2) is 6.67 Å². The summed E-state index contributed by atoms with van der Waals surface area (Å²) in [7, 11) is 1.26. The lowest BCUT2D eigenvalue weighted by atomic mass is 10.6. The molecule has 0 aromatic heterocycles. The van der Waals surface area contributed by atoms with Crippen molar-refractivity contribution in [3.8, 4) is 0 Å². The fraction of sp³-hybridized carbons (Fsp3) is 0.833. The normalized spacial score (nSPS) is 13.6. The lowest BCUT2D eigenvalue weighted by molar-refractivity contribution is -0.208. The summed E-state index contributed by atoms with van der Waals surface area (Å²) in [5.74, 6) is 0. The van der Waals surface area contributed by atoms with Gasteiger partial charge in [0, 0.05) is 7.11 Å². The molecule has 78 valence electrons. The summed E-state index contributed by atoms with van der Waals surface area (Å²) >= 11 is 0. The van der Waals surface area contributed by atoms with Crippen molar-refractivity contribution in [3.05, 3.63) is 0 Å². The molecule has 0 aliphatic rings. The number of hydrogen-bond acceptors (Lipinski definition) is 3. The van der Waals surface area contributed by atoms with E-state index in [9.17, 15) is 18.0 Å². The summed E-state index contributed by atoms with van der Waals surface area (Å²) in [6, 6.07) is 0. The Hall–Kier alpha value is -0.980. The molecule has 1 amide bonds. The number of ether oxygens (including phenoxy) is 2. The van der Waals surface area contributed by atoms with Crippen LogP contribution in [0.1, 0.15) is 6.92 Å². The van der Waals surface area contributed by atoms with Crippen molar-refractivity contribution in [2.24, 2.45) is 0 Å². The van der Waals surface area contributed by atoms with Gasteiger partial charge in [-0.3, -0.25) is 5.32 Å². The van der Waals surface area contributed by atoms with Crippen molar-refractivity contribution >= 4 is 6.09 Å². The predicted molar refractivity (Wildman–Crippen MR) is 37.0 cm³/mol. The third-order valence-electron chi connectivity index (χ3n) is 1.07. The van der Waals surface area contributed by atoms with E-state index >= 15 is 0 Å². The Balaban J connectivity index is 3.87. The third kappa shape index (κ3) is 5.29. The Morgan fingerprint density at radius 1 is 1.62 bits per heavy atom. The zero-order chi connectivity index (χ0) is 10.5. The highest BCUT2D eigenvalue weighted by Crippen LogP contribution is 2.15. The minimum absolute atomic E-state index is 0.775. The predicted octanol–water partition coefficient (Wildman–Crippen LogP) is 1.27. The van der Waals surface area contributed by atoms with E-state index in [4.69, 9.17) is 0 Å². The lowest BCUT2D eigenvalue weighted by Gasteiger charge is -2.16. The number of alkyl carbamates (subject to hydrolysis) is 1. The van der Waals surface area contributed by atoms with Crippen LogP contribution in [0.4, 0.5) is 18.0 Å². The summed E-state index contributed by atoms with van der Waals surface area (Å²) in [6.07, 6.45) is -6.29. The van der Waals surface area contributed by atoms with Crippen molar-refractivity contribution in [2.45, 2.75) is 19.3 Å². The zero-order valence-electron chi connectivity index (χ0n) is 7.14. The lowest BCUT2D eigenvalue weighted by Crippen LogP contribution is -2.39. The monoisotopic (exact) mass is 201 g/mol. The number of halogens is 3. The van der Waals surface area contributed by atoms with E-state index < -0.39 is 25.1 Å². The fourth-order valence-corrected chi connectivity index (χ4v) is 0.417. The average Bonchev–Trinajstić information content (AvgIpc) is 2.03. The first kappa shape index (κ1) is 12.0. The molecule has 1 N–H and O–H groups in total. The van der Waals surface area contributed by atoms with Crippen molar-refractivity contribution in [1.82, 2.24) is 5.32 Å². The Morgan fingerprint density at radius 2 is 2.15 bits per heavy atom. The molecular weight excluding hydrogens is 191 g/mol. The minimum atomic E-state index is -4.09. The molecule has 4 nitrogen and oxygen atoms in total. The van der Waals surface area contributed by atoms with Crippen molar-refractivity contribution in [3.63, 3.8) is 0 Å². The largest absolute Gasteiger partial charge is 0.430 e. The number of alkyl halides is 3. The molecule has 0 radical (unpaired) electrons. The smallest absolute Gasteiger partial charge is 0.382 e. The highest BCUT2D eigenvalue weighted by atomic mass is 19.3. The highest BCUT2D eigenvalue weighted by Gasteiger charge is 2.34. The van der Waals surface area contributed by atoms with Crippen LogP contribution in [0.15, 0.2) is 0 Å². The van der Waals surface area contributed by atoms with Crippen LogP contribution in [-0.4, -0.2) is 32.2 Å². The molecule has 0 aromatic carbocycles. The number of amides is 1. The molecule has 0 spiro atoms. The molecule has 0 saturated heterocycles. The molecule has 0 bridgehead atoms. The van der Waals surface area contributed by atoms with E-state index in [1.807, 2.05) is 5.32 Å². The van der Waals surface area contributed by atoms with Crippen LogP contribution >= 0.6 is 0 Å². The second-order valence-corrected chi connectivity index (χ2v) is 2.18. The minimum Gasteiger partial charge on any atom is -0.382 e. The topological polar surface area (TPSA) is 47.6 Å². The maximum atomic E-state index is 12.1. The molecular formula is C6H10F3NO3. The van der Waals surface area contributed by atoms with Crippen molar-refractivity contribution < 1.29 is 27.4 Å². The van der Waals surface area contributed by atoms with Crippen LogP contribution in [0.25, 0.3) is 0 Å². The Labute approximate surface area is 73.0 Å². The summed E-state index contributed by atoms with van der Waals surface area (Å²) in [6.45, 7) is -0.656. The van der Waals surface area contributed by atoms with Gasteiger partial charge in [0.05, 0.1) is 0 Å². The van der Waals surface area contributed by atoms with Gasteiger partial charge in [-0.15, -0.1) is 0 Å². The number of hydrogen-bond donors (Lipinski definition) is 1. The van der Waals surface area contributed by atoms with Gasteiger partial charge >= 0.3 is 12.2 Å². The van der Waals surface area contributed by atoms with Crippen LogP contribution < -0.4 is 5.32 Å². The second-order valence-electron chi connectivity index (χ2n) is 2.18. The molecule has 0 aliphatic carbocycles. The first-order valence-electron chi connectivity index (χ1n) is 3.37. The zero-order valence-corrected chi connectivity index (χ0v) is 7.14. The van der Waals surface area contributed by atoms with E-state index in [0.29, 0.717) is 0 Å². The molecule has 1 unspecified atom stereocenters. The first-order valence-corrected chi connectivity index (χ1v) is 3.37. The van der Waals surface area contributed by atoms with E-state index in [2.05, 4.69) is 9.47 Å². The molecule has 0 aromatic rings. The van der Waals surface area contributed by atoms with Gasteiger partial charge in [-0.1, -0.05) is 0 Å². The van der Waals surface area contributed by atoms with Crippen molar-refractivity contribution in [2.75, 3.05) is 13.8 Å². The molecule has 1 atom stereocenters. The number of methoxy groups -OCH3 is 1. The Kier molecular flexibility index (Phi) is 4.53. The number of nitrogens with one attached hydrogen (secondary N) is 1. The van der Waals surface area contributed by atoms with Gasteiger partial charge in [0.25, 0.3) is 0 Å². The van der Waals surface area contributed by atoms with Gasteiger partial charge < -0.3 is 9.47 Å². The second kappa shape index (κ2) is 4.90. The summed E-state index contributed by atoms with van der Waals surface area (Å²) in [5, 5.41) is 1.89. The molecule has 0 aliphatic heterocycles. The summed E-state index contributed by atoms with van der Waals surface area (Å²) in [5.41, 5.74) is 0. The van der Waals surface area contributed by atoms with E-state index in [-0.39, 0.29) is 0 Å². The van der Waals surface area contributed by atoms with Gasteiger partial charge in [0.2, 0.25) is 0 Å². The van der Waals surface area contributed by atoms with Gasteiger partial charge in [-0.05, 0) is 6.92 Å². The van der Waals surface area contributed by atoms with Crippen LogP contribution in [0, 0.1) is 0 Å². The molecule has 0 fully saturated rings. The Morgan fingerprint density at radius 3 is 2.54 bits per heavy atom. The summed E-state index contributed by atoms with van der Waals surface area (Å²) in [4.78, 5) is 10.5. The van der Waals surface area contributed by atoms with Crippen LogP contribution in [0.5, 0.6) is 0 Å². The van der Waals surface area contributed by atoms with Gasteiger partial charge in [0.1, 0.15) is 6.23 Å². The van der Waals surface area contributed by atoms with Gasteiger partial charge in [-0.25, -0.2) is 9.18 Å². The van der Waals surface area contributed by atoms with E-state index in [1.54, 1.807) is 0 Å². The average molecular weight is 201 g/mol. The maximum Gasteiger partial charge on any atom is 0.430 e. The molecule has 13 heavy (non-hydrogen) atoms. The fourth-order valence-electron chi connectivity index (χ4n) is 0.417. The standard InChI is InChI=1S/C6H10F3NO3/c1-4(12-2)10-5(11)13-6(8,9)3-7/h4H,3H2,1-2H3,(H,10,11).